The maximum absolute atomic E-state index is 12.2. The number of hydrogen-bond donors (Lipinski definition) is 1. The lowest BCUT2D eigenvalue weighted by Crippen LogP contribution is -2.31. The smallest absolute Gasteiger partial charge is 0.263 e. The number of nitrogens with one attached hydrogen (secondary N) is 1. The minimum absolute atomic E-state index is 0.117. The number of rotatable bonds is 5. The monoisotopic (exact) mass is 335 g/mol. The molecule has 0 unspecified atom stereocenters. The second-order valence-electron chi connectivity index (χ2n) is 5.44. The Morgan fingerprint density at radius 2 is 2.04 bits per heavy atom. The molecule has 2 aromatic heterocycles. The van der Waals surface area contributed by atoms with Gasteiger partial charge in [0, 0.05) is 32.1 Å². The molecule has 1 N–H and O–H groups in total. The van der Waals surface area contributed by atoms with Crippen LogP contribution < -0.4 is 15.6 Å². The second kappa shape index (κ2) is 7.44. The molecular weight excluding hydrogens is 318 g/mol. The summed E-state index contributed by atoms with van der Waals surface area (Å²) in [7, 11) is 1.61. The van der Waals surface area contributed by atoms with Crippen molar-refractivity contribution in [2.24, 2.45) is 7.05 Å². The first-order valence-corrected chi connectivity index (χ1v) is 7.75. The summed E-state index contributed by atoms with van der Waals surface area (Å²) in [5, 5.41) is 2.75. The van der Waals surface area contributed by atoms with Gasteiger partial charge in [0.25, 0.3) is 11.5 Å². The van der Waals surface area contributed by atoms with E-state index in [1.54, 1.807) is 31.6 Å². The molecule has 6 nitrogen and oxygen atoms in total. The number of hydrogen-bond acceptors (Lipinski definition) is 4. The number of ether oxygens (including phenoxy) is 1. The summed E-state index contributed by atoms with van der Waals surface area (Å²) in [6, 6.07) is 15.9. The van der Waals surface area contributed by atoms with Gasteiger partial charge in [0.15, 0.2) is 0 Å². The van der Waals surface area contributed by atoms with Gasteiger partial charge < -0.3 is 14.6 Å². The van der Waals surface area contributed by atoms with Crippen LogP contribution in [-0.4, -0.2) is 15.5 Å². The summed E-state index contributed by atoms with van der Waals surface area (Å²) in [5.41, 5.74) is 0.646. The lowest BCUT2D eigenvalue weighted by molar-refractivity contribution is 0.0949. The largest absolute Gasteiger partial charge is 0.439 e. The molecule has 0 radical (unpaired) electrons. The first-order valence-electron chi connectivity index (χ1n) is 7.75. The van der Waals surface area contributed by atoms with E-state index in [1.807, 2.05) is 36.4 Å². The van der Waals surface area contributed by atoms with Crippen molar-refractivity contribution in [2.75, 3.05) is 0 Å². The van der Waals surface area contributed by atoms with Gasteiger partial charge in [0.2, 0.25) is 5.88 Å². The van der Waals surface area contributed by atoms with Crippen molar-refractivity contribution < 1.29 is 9.53 Å². The Morgan fingerprint density at radius 1 is 1.16 bits per heavy atom. The van der Waals surface area contributed by atoms with Gasteiger partial charge in [-0.25, -0.2) is 4.98 Å². The normalized spacial score (nSPS) is 10.3. The number of carbonyl (C=O) groups excluding carboxylic acids is 1. The molecule has 0 aliphatic rings. The molecule has 3 aromatic rings. The average Bonchev–Trinajstić information content (AvgIpc) is 2.63. The van der Waals surface area contributed by atoms with Crippen LogP contribution in [0.5, 0.6) is 11.6 Å². The molecule has 25 heavy (non-hydrogen) atoms. The lowest BCUT2D eigenvalue weighted by atomic mass is 10.2. The molecule has 0 atom stereocenters. The highest BCUT2D eigenvalue weighted by Crippen LogP contribution is 2.19. The van der Waals surface area contributed by atoms with Gasteiger partial charge >= 0.3 is 0 Å². The minimum atomic E-state index is -0.405. The highest BCUT2D eigenvalue weighted by molar-refractivity contribution is 5.93. The standard InChI is InChI=1S/C19H17N3O3/c1-22-11-5-8-16(19(22)24)18(23)21-13-14-6-4-7-15(12-14)25-17-9-2-3-10-20-17/h2-12H,13H2,1H3,(H,21,23). The fourth-order valence-electron chi connectivity index (χ4n) is 2.29. The predicted molar refractivity (Wildman–Crippen MR) is 93.6 cm³/mol. The molecule has 126 valence electrons. The fraction of sp³-hybridized carbons (Fsp3) is 0.105. The van der Waals surface area contributed by atoms with Crippen LogP contribution in [0, 0.1) is 0 Å². The zero-order chi connectivity index (χ0) is 17.6. The maximum Gasteiger partial charge on any atom is 0.263 e. The summed E-state index contributed by atoms with van der Waals surface area (Å²) >= 11 is 0. The van der Waals surface area contributed by atoms with Crippen molar-refractivity contribution in [3.8, 4) is 11.6 Å². The molecule has 3 rings (SSSR count). The lowest BCUT2D eigenvalue weighted by Gasteiger charge is -2.08. The van der Waals surface area contributed by atoms with E-state index >= 15 is 0 Å². The van der Waals surface area contributed by atoms with Gasteiger partial charge in [0.1, 0.15) is 11.3 Å². The third-order valence-corrected chi connectivity index (χ3v) is 3.58. The zero-order valence-electron chi connectivity index (χ0n) is 13.7. The fourth-order valence-corrected chi connectivity index (χ4v) is 2.29. The van der Waals surface area contributed by atoms with E-state index in [1.165, 1.54) is 10.6 Å². The topological polar surface area (TPSA) is 73.2 Å². The van der Waals surface area contributed by atoms with Crippen LogP contribution in [-0.2, 0) is 13.6 Å². The van der Waals surface area contributed by atoms with Crippen LogP contribution in [0.25, 0.3) is 0 Å². The average molecular weight is 335 g/mol. The van der Waals surface area contributed by atoms with Crippen molar-refractivity contribution in [1.82, 2.24) is 14.9 Å². The molecule has 2 heterocycles. The van der Waals surface area contributed by atoms with Crippen LogP contribution in [0.1, 0.15) is 15.9 Å². The zero-order valence-corrected chi connectivity index (χ0v) is 13.7. The quantitative estimate of drug-likeness (QED) is 0.777. The number of benzene rings is 1. The van der Waals surface area contributed by atoms with Gasteiger partial charge in [-0.15, -0.1) is 0 Å². The molecule has 0 saturated heterocycles. The number of aromatic nitrogens is 2. The molecular formula is C19H17N3O3. The van der Waals surface area contributed by atoms with Gasteiger partial charge in [0.05, 0.1) is 0 Å². The molecule has 1 aromatic carbocycles. The van der Waals surface area contributed by atoms with Crippen molar-refractivity contribution in [2.45, 2.75) is 6.54 Å². The van der Waals surface area contributed by atoms with Crippen LogP contribution in [0.2, 0.25) is 0 Å². The van der Waals surface area contributed by atoms with Crippen LogP contribution in [0.4, 0.5) is 0 Å². The summed E-state index contributed by atoms with van der Waals surface area (Å²) < 4.78 is 7.04. The molecule has 0 aliphatic carbocycles. The molecule has 0 fully saturated rings. The van der Waals surface area contributed by atoms with Gasteiger partial charge in [-0.05, 0) is 35.9 Å². The summed E-state index contributed by atoms with van der Waals surface area (Å²) in [6.07, 6.45) is 3.26. The number of amides is 1. The third-order valence-electron chi connectivity index (χ3n) is 3.58. The Kier molecular flexibility index (Phi) is 4.89. The molecule has 0 aliphatic heterocycles. The minimum Gasteiger partial charge on any atom is -0.439 e. The van der Waals surface area contributed by atoms with Crippen molar-refractivity contribution in [3.05, 3.63) is 88.5 Å². The van der Waals surface area contributed by atoms with Crippen molar-refractivity contribution in [1.29, 1.82) is 0 Å². The molecule has 0 spiro atoms. The second-order valence-corrected chi connectivity index (χ2v) is 5.44. The van der Waals surface area contributed by atoms with E-state index in [-0.39, 0.29) is 17.7 Å². The van der Waals surface area contributed by atoms with E-state index in [4.69, 9.17) is 4.74 Å². The number of nitrogens with zero attached hydrogens (tertiary/aromatic N) is 2. The molecule has 1 amide bonds. The Morgan fingerprint density at radius 3 is 2.84 bits per heavy atom. The van der Waals surface area contributed by atoms with Gasteiger partial charge in [-0.3, -0.25) is 9.59 Å². The highest BCUT2D eigenvalue weighted by Gasteiger charge is 2.10. The predicted octanol–water partition coefficient (Wildman–Crippen LogP) is 2.50. The van der Waals surface area contributed by atoms with E-state index in [9.17, 15) is 9.59 Å². The Balaban J connectivity index is 1.67. The van der Waals surface area contributed by atoms with Gasteiger partial charge in [-0.2, -0.15) is 0 Å². The van der Waals surface area contributed by atoms with Crippen molar-refractivity contribution >= 4 is 5.91 Å². The molecule has 0 bridgehead atoms. The van der Waals surface area contributed by atoms with Gasteiger partial charge in [-0.1, -0.05) is 18.2 Å². The number of pyridine rings is 2. The van der Waals surface area contributed by atoms with E-state index < -0.39 is 5.91 Å². The Bertz CT molecular complexity index is 936. The molecule has 0 saturated carbocycles. The molecule has 6 heteroatoms. The summed E-state index contributed by atoms with van der Waals surface area (Å²) in [5.74, 6) is 0.717. The first kappa shape index (κ1) is 16.4. The SMILES string of the molecule is Cn1cccc(C(=O)NCc2cccc(Oc3ccccn3)c2)c1=O. The maximum atomic E-state index is 12.2. The summed E-state index contributed by atoms with van der Waals surface area (Å²) in [6.45, 7) is 0.288. The number of aryl methyl sites for hydroxylation is 1. The van der Waals surface area contributed by atoms with Crippen LogP contribution in [0.3, 0.4) is 0 Å². The first-order chi connectivity index (χ1) is 12.1. The third kappa shape index (κ3) is 4.11. The summed E-state index contributed by atoms with van der Waals surface area (Å²) in [4.78, 5) is 28.3. The Hall–Kier alpha value is -3.41. The highest BCUT2D eigenvalue weighted by atomic mass is 16.5. The van der Waals surface area contributed by atoms with E-state index in [0.29, 0.717) is 11.6 Å². The van der Waals surface area contributed by atoms with Crippen molar-refractivity contribution in [3.63, 3.8) is 0 Å². The number of carbonyl (C=O) groups is 1. The Labute approximate surface area is 144 Å². The van der Waals surface area contributed by atoms with E-state index in [2.05, 4.69) is 10.3 Å². The van der Waals surface area contributed by atoms with Crippen LogP contribution >= 0.6 is 0 Å². The van der Waals surface area contributed by atoms with Crippen LogP contribution in [0.15, 0.2) is 71.8 Å². The van der Waals surface area contributed by atoms with E-state index in [0.717, 1.165) is 5.56 Å².